The summed E-state index contributed by atoms with van der Waals surface area (Å²) in [5.74, 6) is -0.585. The van der Waals surface area contributed by atoms with Crippen LogP contribution in [-0.2, 0) is 11.4 Å². The van der Waals surface area contributed by atoms with E-state index >= 15 is 0 Å². The van der Waals surface area contributed by atoms with Gasteiger partial charge in [0.1, 0.15) is 35.6 Å². The van der Waals surface area contributed by atoms with Crippen molar-refractivity contribution < 1.29 is 23.1 Å². The average molecular weight is 370 g/mol. The molecule has 3 aromatic rings. The molecule has 0 aliphatic heterocycles. The first-order valence-corrected chi connectivity index (χ1v) is 8.36. The minimum atomic E-state index is -0.817. The van der Waals surface area contributed by atoms with E-state index in [4.69, 9.17) is 14.9 Å². The van der Waals surface area contributed by atoms with Crippen molar-refractivity contribution in [1.82, 2.24) is 5.32 Å². The lowest BCUT2D eigenvalue weighted by atomic mass is 10.1. The summed E-state index contributed by atoms with van der Waals surface area (Å²) in [4.78, 5) is 23.7. The molecule has 1 unspecified atom stereocenters. The van der Waals surface area contributed by atoms with Gasteiger partial charge >= 0.3 is 0 Å². The molecule has 1 atom stereocenters. The summed E-state index contributed by atoms with van der Waals surface area (Å²) in [5, 5.41) is 3.07. The van der Waals surface area contributed by atoms with Crippen molar-refractivity contribution in [2.45, 2.75) is 26.5 Å². The third kappa shape index (κ3) is 3.92. The third-order valence-electron chi connectivity index (χ3n) is 4.19. The van der Waals surface area contributed by atoms with E-state index in [1.165, 1.54) is 13.0 Å². The summed E-state index contributed by atoms with van der Waals surface area (Å²) in [6.45, 7) is 3.21. The summed E-state index contributed by atoms with van der Waals surface area (Å²) in [7, 11) is 0. The fourth-order valence-electron chi connectivity index (χ4n) is 2.69. The molecule has 7 heteroatoms. The molecule has 0 radical (unpaired) electrons. The number of ether oxygens (including phenoxy) is 1. The standard InChI is InChI=1S/C20H19FN2O4/c1-11(19(22)24)23-20(25)18-12(2)27-17-8-7-14(9-15(17)18)26-10-13-5-3-4-6-16(13)21/h3-9,11H,10H2,1-2H3,(H2,22,24)(H,23,25). The number of nitrogens with two attached hydrogens (primary N) is 1. The maximum atomic E-state index is 13.7. The number of rotatable bonds is 6. The highest BCUT2D eigenvalue weighted by molar-refractivity contribution is 6.08. The normalized spacial score (nSPS) is 12.0. The van der Waals surface area contributed by atoms with Crippen molar-refractivity contribution in [2.24, 2.45) is 5.73 Å². The Hall–Kier alpha value is -3.35. The number of carbonyl (C=O) groups excluding carboxylic acids is 2. The number of halogens is 1. The smallest absolute Gasteiger partial charge is 0.256 e. The summed E-state index contributed by atoms with van der Waals surface area (Å²) < 4.78 is 25.0. The molecule has 140 valence electrons. The van der Waals surface area contributed by atoms with Crippen LogP contribution in [0.4, 0.5) is 4.39 Å². The van der Waals surface area contributed by atoms with Crippen LogP contribution in [0, 0.1) is 12.7 Å². The van der Waals surface area contributed by atoms with Gasteiger partial charge in [0, 0.05) is 10.9 Å². The number of nitrogens with one attached hydrogen (secondary N) is 1. The monoisotopic (exact) mass is 370 g/mol. The van der Waals surface area contributed by atoms with Crippen LogP contribution in [0.15, 0.2) is 46.9 Å². The number of benzene rings is 2. The number of fused-ring (bicyclic) bond motifs is 1. The summed E-state index contributed by atoms with van der Waals surface area (Å²) in [5.41, 5.74) is 6.42. The van der Waals surface area contributed by atoms with Gasteiger partial charge in [0.2, 0.25) is 5.91 Å². The van der Waals surface area contributed by atoms with E-state index in [-0.39, 0.29) is 12.4 Å². The van der Waals surface area contributed by atoms with Gasteiger partial charge in [-0.15, -0.1) is 0 Å². The Kier molecular flexibility index (Phi) is 5.12. The van der Waals surface area contributed by atoms with Crippen LogP contribution in [0.1, 0.15) is 28.6 Å². The number of primary amides is 1. The van der Waals surface area contributed by atoms with Crippen LogP contribution in [0.3, 0.4) is 0 Å². The van der Waals surface area contributed by atoms with Gasteiger partial charge in [0.05, 0.1) is 5.56 Å². The Bertz CT molecular complexity index is 1010. The van der Waals surface area contributed by atoms with Gasteiger partial charge < -0.3 is 20.2 Å². The molecule has 1 heterocycles. The summed E-state index contributed by atoms with van der Waals surface area (Å²) in [6.07, 6.45) is 0. The van der Waals surface area contributed by atoms with E-state index in [2.05, 4.69) is 5.32 Å². The molecule has 0 saturated heterocycles. The van der Waals surface area contributed by atoms with E-state index in [1.807, 2.05) is 0 Å². The van der Waals surface area contributed by atoms with Crippen LogP contribution in [0.5, 0.6) is 5.75 Å². The highest BCUT2D eigenvalue weighted by Crippen LogP contribution is 2.29. The number of hydrogen-bond donors (Lipinski definition) is 2. The molecule has 0 aliphatic carbocycles. The van der Waals surface area contributed by atoms with Gasteiger partial charge in [-0.3, -0.25) is 9.59 Å². The maximum Gasteiger partial charge on any atom is 0.256 e. The van der Waals surface area contributed by atoms with E-state index in [0.717, 1.165) is 0 Å². The summed E-state index contributed by atoms with van der Waals surface area (Å²) in [6, 6.07) is 10.5. The van der Waals surface area contributed by atoms with Crippen LogP contribution in [0.25, 0.3) is 11.0 Å². The second-order valence-corrected chi connectivity index (χ2v) is 6.17. The Morgan fingerprint density at radius 2 is 2.00 bits per heavy atom. The Morgan fingerprint density at radius 3 is 2.70 bits per heavy atom. The van der Waals surface area contributed by atoms with E-state index < -0.39 is 17.9 Å². The van der Waals surface area contributed by atoms with Gasteiger partial charge in [-0.25, -0.2) is 4.39 Å². The second kappa shape index (κ2) is 7.49. The first-order valence-electron chi connectivity index (χ1n) is 8.36. The Labute approximate surface area is 155 Å². The highest BCUT2D eigenvalue weighted by Gasteiger charge is 2.21. The molecule has 0 fully saturated rings. The topological polar surface area (TPSA) is 94.6 Å². The molecular formula is C20H19FN2O4. The lowest BCUT2D eigenvalue weighted by Crippen LogP contribution is -2.42. The number of hydrogen-bond acceptors (Lipinski definition) is 4. The average Bonchev–Trinajstić information content (AvgIpc) is 2.96. The molecule has 2 amide bonds. The van der Waals surface area contributed by atoms with Gasteiger partial charge in [-0.05, 0) is 38.1 Å². The van der Waals surface area contributed by atoms with E-state index in [9.17, 15) is 14.0 Å². The molecule has 1 aromatic heterocycles. The Morgan fingerprint density at radius 1 is 1.26 bits per heavy atom. The molecule has 0 aliphatic rings. The van der Waals surface area contributed by atoms with Crippen molar-refractivity contribution >= 4 is 22.8 Å². The van der Waals surface area contributed by atoms with Gasteiger partial charge in [0.15, 0.2) is 0 Å². The summed E-state index contributed by atoms with van der Waals surface area (Å²) >= 11 is 0. The van der Waals surface area contributed by atoms with Gasteiger partial charge in [0.25, 0.3) is 5.91 Å². The highest BCUT2D eigenvalue weighted by atomic mass is 19.1. The molecule has 2 aromatic carbocycles. The van der Waals surface area contributed by atoms with Crippen molar-refractivity contribution in [3.05, 3.63) is 65.2 Å². The second-order valence-electron chi connectivity index (χ2n) is 6.17. The lowest BCUT2D eigenvalue weighted by molar-refractivity contribution is -0.119. The maximum absolute atomic E-state index is 13.7. The zero-order chi connectivity index (χ0) is 19.6. The van der Waals surface area contributed by atoms with Crippen molar-refractivity contribution in [3.8, 4) is 5.75 Å². The zero-order valence-corrected chi connectivity index (χ0v) is 14.9. The Balaban J connectivity index is 1.87. The van der Waals surface area contributed by atoms with Gasteiger partial charge in [-0.2, -0.15) is 0 Å². The van der Waals surface area contributed by atoms with Gasteiger partial charge in [-0.1, -0.05) is 18.2 Å². The van der Waals surface area contributed by atoms with Crippen molar-refractivity contribution in [2.75, 3.05) is 0 Å². The van der Waals surface area contributed by atoms with E-state index in [1.54, 1.807) is 43.3 Å². The molecule has 0 saturated carbocycles. The number of aryl methyl sites for hydroxylation is 1. The fourth-order valence-corrected chi connectivity index (χ4v) is 2.69. The number of furan rings is 1. The lowest BCUT2D eigenvalue weighted by Gasteiger charge is -2.10. The fraction of sp³-hybridized carbons (Fsp3) is 0.200. The van der Waals surface area contributed by atoms with Crippen LogP contribution >= 0.6 is 0 Å². The molecular weight excluding hydrogens is 351 g/mol. The predicted octanol–water partition coefficient (Wildman–Crippen LogP) is 3.06. The van der Waals surface area contributed by atoms with E-state index in [0.29, 0.717) is 33.6 Å². The molecule has 3 rings (SSSR count). The molecule has 0 bridgehead atoms. The first-order chi connectivity index (χ1) is 12.9. The van der Waals surface area contributed by atoms with Crippen LogP contribution < -0.4 is 15.8 Å². The SMILES string of the molecule is Cc1oc2ccc(OCc3ccccc3F)cc2c1C(=O)NC(C)C(N)=O. The van der Waals surface area contributed by atoms with Crippen molar-refractivity contribution in [3.63, 3.8) is 0 Å². The molecule has 3 N–H and O–H groups in total. The third-order valence-corrected chi connectivity index (χ3v) is 4.19. The molecule has 0 spiro atoms. The zero-order valence-electron chi connectivity index (χ0n) is 14.9. The molecule has 27 heavy (non-hydrogen) atoms. The number of amides is 2. The quantitative estimate of drug-likeness (QED) is 0.697. The van der Waals surface area contributed by atoms with Crippen LogP contribution in [0.2, 0.25) is 0 Å². The molecule has 6 nitrogen and oxygen atoms in total. The number of carbonyl (C=O) groups is 2. The minimum Gasteiger partial charge on any atom is -0.489 e. The largest absolute Gasteiger partial charge is 0.489 e. The first kappa shape index (κ1) is 18.4. The van der Waals surface area contributed by atoms with Crippen LogP contribution in [-0.4, -0.2) is 17.9 Å². The van der Waals surface area contributed by atoms with Crippen molar-refractivity contribution in [1.29, 1.82) is 0 Å². The predicted molar refractivity (Wildman–Crippen MR) is 97.8 cm³/mol. The minimum absolute atomic E-state index is 0.0508.